The van der Waals surface area contributed by atoms with E-state index in [2.05, 4.69) is 30.9 Å². The summed E-state index contributed by atoms with van der Waals surface area (Å²) in [5.41, 5.74) is 0.768. The van der Waals surface area contributed by atoms with Crippen molar-refractivity contribution in [3.63, 3.8) is 0 Å². The number of hydrogen-bond acceptors (Lipinski definition) is 6. The lowest BCUT2D eigenvalue weighted by Gasteiger charge is -2.14. The molecule has 27 heavy (non-hydrogen) atoms. The van der Waals surface area contributed by atoms with Gasteiger partial charge in [-0.15, -0.1) is 18.3 Å². The number of urea groups is 1. The molecule has 2 rings (SSSR count). The van der Waals surface area contributed by atoms with Gasteiger partial charge >= 0.3 is 12.4 Å². The third-order valence-corrected chi connectivity index (χ3v) is 3.23. The van der Waals surface area contributed by atoms with E-state index in [-0.39, 0.29) is 12.2 Å². The molecule has 1 aromatic carbocycles. The van der Waals surface area contributed by atoms with Crippen molar-refractivity contribution in [2.24, 2.45) is 0 Å². The minimum absolute atomic E-state index is 0.0927. The normalized spacial score (nSPS) is 10.9. The number of carbonyl (C=O) groups excluding carboxylic acids is 1. The van der Waals surface area contributed by atoms with Gasteiger partial charge in [0.05, 0.1) is 17.6 Å². The number of para-hydroxylation sites is 2. The molecule has 3 N–H and O–H groups in total. The van der Waals surface area contributed by atoms with E-state index in [4.69, 9.17) is 0 Å². The number of rotatable bonds is 7. The average molecular weight is 384 g/mol. The molecule has 0 spiro atoms. The van der Waals surface area contributed by atoms with Crippen molar-refractivity contribution in [2.45, 2.75) is 6.36 Å². The van der Waals surface area contributed by atoms with Crippen molar-refractivity contribution in [1.82, 2.24) is 15.5 Å². The molecule has 0 aliphatic heterocycles. The Labute approximate surface area is 153 Å². The Morgan fingerprint density at radius 2 is 1.96 bits per heavy atom. The number of nitrogens with zero attached hydrogens (tertiary/aromatic N) is 3. The van der Waals surface area contributed by atoms with Crippen LogP contribution >= 0.6 is 0 Å². The fraction of sp³-hybridized carbons (Fsp3) is 0.312. The molecule has 146 valence electrons. The number of anilines is 3. The monoisotopic (exact) mass is 384 g/mol. The Hall–Kier alpha value is -3.24. The van der Waals surface area contributed by atoms with Gasteiger partial charge in [0.25, 0.3) is 0 Å². The van der Waals surface area contributed by atoms with Crippen molar-refractivity contribution in [1.29, 1.82) is 0 Å². The molecule has 0 bridgehead atoms. The highest BCUT2D eigenvalue weighted by atomic mass is 19.4. The number of benzene rings is 1. The molecule has 0 aliphatic carbocycles. The van der Waals surface area contributed by atoms with Crippen LogP contribution in [0.2, 0.25) is 0 Å². The smallest absolute Gasteiger partial charge is 0.404 e. The van der Waals surface area contributed by atoms with Gasteiger partial charge in [0.2, 0.25) is 0 Å². The van der Waals surface area contributed by atoms with E-state index in [1.807, 2.05) is 19.0 Å². The number of ether oxygens (including phenoxy) is 1. The van der Waals surface area contributed by atoms with Crippen LogP contribution in [0.4, 0.5) is 35.2 Å². The van der Waals surface area contributed by atoms with Gasteiger partial charge in [-0.2, -0.15) is 5.10 Å². The molecule has 0 unspecified atom stereocenters. The van der Waals surface area contributed by atoms with Crippen molar-refractivity contribution < 1.29 is 22.7 Å². The second kappa shape index (κ2) is 8.92. The van der Waals surface area contributed by atoms with Gasteiger partial charge in [0, 0.05) is 33.3 Å². The van der Waals surface area contributed by atoms with E-state index in [1.165, 1.54) is 18.2 Å². The zero-order valence-corrected chi connectivity index (χ0v) is 14.7. The van der Waals surface area contributed by atoms with E-state index in [1.54, 1.807) is 12.3 Å². The maximum absolute atomic E-state index is 12.4. The zero-order valence-electron chi connectivity index (χ0n) is 14.7. The highest BCUT2D eigenvalue weighted by molar-refractivity contribution is 5.90. The van der Waals surface area contributed by atoms with E-state index in [0.717, 1.165) is 11.8 Å². The molecule has 0 atom stereocenters. The van der Waals surface area contributed by atoms with Crippen LogP contribution in [0.25, 0.3) is 0 Å². The van der Waals surface area contributed by atoms with E-state index >= 15 is 0 Å². The Kier molecular flexibility index (Phi) is 6.63. The lowest BCUT2D eigenvalue weighted by Crippen LogP contribution is -2.33. The summed E-state index contributed by atoms with van der Waals surface area (Å²) in [6, 6.07) is 6.40. The summed E-state index contributed by atoms with van der Waals surface area (Å²) in [6.07, 6.45) is -3.24. The van der Waals surface area contributed by atoms with Crippen molar-refractivity contribution in [2.75, 3.05) is 42.7 Å². The van der Waals surface area contributed by atoms with Crippen LogP contribution < -0.4 is 25.6 Å². The number of carbonyl (C=O) groups is 1. The van der Waals surface area contributed by atoms with E-state index in [9.17, 15) is 18.0 Å². The molecule has 1 heterocycles. The Morgan fingerprint density at radius 1 is 1.22 bits per heavy atom. The first-order valence-corrected chi connectivity index (χ1v) is 7.88. The molecular weight excluding hydrogens is 365 g/mol. The maximum Gasteiger partial charge on any atom is 0.573 e. The van der Waals surface area contributed by atoms with E-state index < -0.39 is 18.1 Å². The topological polar surface area (TPSA) is 91.4 Å². The van der Waals surface area contributed by atoms with E-state index in [0.29, 0.717) is 12.4 Å². The van der Waals surface area contributed by atoms with Crippen LogP contribution in [-0.4, -0.2) is 49.8 Å². The van der Waals surface area contributed by atoms with Crippen LogP contribution in [0.15, 0.2) is 36.5 Å². The number of aromatic nitrogens is 2. The Balaban J connectivity index is 1.81. The summed E-state index contributed by atoms with van der Waals surface area (Å²) in [6.45, 7) is 0.557. The molecule has 2 amide bonds. The molecule has 1 aromatic heterocycles. The van der Waals surface area contributed by atoms with Crippen LogP contribution in [0.5, 0.6) is 5.75 Å². The number of halogens is 3. The summed E-state index contributed by atoms with van der Waals surface area (Å²) in [4.78, 5) is 13.7. The van der Waals surface area contributed by atoms with Gasteiger partial charge in [0.15, 0.2) is 11.6 Å². The molecular formula is C16H19F3N6O2. The minimum atomic E-state index is -4.85. The lowest BCUT2D eigenvalue weighted by atomic mass is 10.3. The summed E-state index contributed by atoms with van der Waals surface area (Å²) >= 11 is 0. The molecule has 8 nitrogen and oxygen atoms in total. The van der Waals surface area contributed by atoms with Crippen LogP contribution in [0.1, 0.15) is 0 Å². The number of hydrogen-bond donors (Lipinski definition) is 3. The quantitative estimate of drug-likeness (QED) is 0.636. The molecule has 0 saturated heterocycles. The predicted octanol–water partition coefficient (Wildman–Crippen LogP) is 2.67. The molecule has 0 radical (unpaired) electrons. The third kappa shape index (κ3) is 6.88. The largest absolute Gasteiger partial charge is 0.573 e. The first kappa shape index (κ1) is 20.1. The van der Waals surface area contributed by atoms with Gasteiger partial charge in [-0.05, 0) is 12.1 Å². The van der Waals surface area contributed by atoms with Crippen molar-refractivity contribution in [3.05, 3.63) is 36.5 Å². The second-order valence-corrected chi connectivity index (χ2v) is 5.55. The summed E-state index contributed by atoms with van der Waals surface area (Å²) in [5, 5.41) is 15.6. The minimum Gasteiger partial charge on any atom is -0.404 e. The van der Waals surface area contributed by atoms with Crippen molar-refractivity contribution in [3.8, 4) is 5.75 Å². The molecule has 0 aliphatic rings. The highest BCUT2D eigenvalue weighted by Crippen LogP contribution is 2.29. The first-order chi connectivity index (χ1) is 12.7. The second-order valence-electron chi connectivity index (χ2n) is 5.55. The molecule has 2 aromatic rings. The number of alkyl halides is 3. The predicted molar refractivity (Wildman–Crippen MR) is 95.0 cm³/mol. The van der Waals surface area contributed by atoms with Gasteiger partial charge in [0.1, 0.15) is 0 Å². The van der Waals surface area contributed by atoms with Gasteiger partial charge in [-0.25, -0.2) is 4.79 Å². The molecule has 11 heteroatoms. The Bertz CT molecular complexity index is 770. The fourth-order valence-electron chi connectivity index (χ4n) is 2.00. The zero-order chi connectivity index (χ0) is 19.9. The summed E-state index contributed by atoms with van der Waals surface area (Å²) in [7, 11) is 3.74. The fourth-order valence-corrected chi connectivity index (χ4v) is 2.00. The van der Waals surface area contributed by atoms with Crippen LogP contribution in [0, 0.1) is 0 Å². The molecule has 0 saturated carbocycles. The number of amides is 2. The van der Waals surface area contributed by atoms with Crippen LogP contribution in [-0.2, 0) is 0 Å². The number of nitrogens with one attached hydrogen (secondary N) is 3. The summed E-state index contributed by atoms with van der Waals surface area (Å²) < 4.78 is 41.0. The lowest BCUT2D eigenvalue weighted by molar-refractivity contribution is -0.274. The average Bonchev–Trinajstić information content (AvgIpc) is 2.59. The third-order valence-electron chi connectivity index (χ3n) is 3.23. The van der Waals surface area contributed by atoms with Crippen molar-refractivity contribution >= 4 is 23.2 Å². The Morgan fingerprint density at radius 3 is 2.67 bits per heavy atom. The van der Waals surface area contributed by atoms with Gasteiger partial charge in [-0.1, -0.05) is 12.1 Å². The molecule has 0 fully saturated rings. The van der Waals surface area contributed by atoms with Gasteiger partial charge < -0.3 is 25.6 Å². The maximum atomic E-state index is 12.4. The SMILES string of the molecule is CN(C)c1cnnc(NCCNC(=O)Nc2ccccc2OC(F)(F)F)c1. The van der Waals surface area contributed by atoms with Crippen LogP contribution in [0.3, 0.4) is 0 Å². The first-order valence-electron chi connectivity index (χ1n) is 7.88. The summed E-state index contributed by atoms with van der Waals surface area (Å²) in [5.74, 6) is 0.0429. The standard InChI is InChI=1S/C16H19F3N6O2/c1-25(2)11-9-14(24-22-10-11)20-7-8-21-15(26)23-12-5-3-4-6-13(12)27-16(17,18)19/h3-6,9-10H,7-8H2,1-2H3,(H,20,24)(H2,21,23,26). The highest BCUT2D eigenvalue weighted by Gasteiger charge is 2.32. The van der Waals surface area contributed by atoms with Gasteiger partial charge in [-0.3, -0.25) is 0 Å².